The summed E-state index contributed by atoms with van der Waals surface area (Å²) in [5.41, 5.74) is -0.0319. The van der Waals surface area contributed by atoms with Crippen molar-refractivity contribution in [1.82, 2.24) is 15.0 Å². The average molecular weight is 346 g/mol. The van der Waals surface area contributed by atoms with E-state index in [-0.39, 0.29) is 17.2 Å². The molecule has 0 unspecified atom stereocenters. The molecule has 7 heteroatoms. The van der Waals surface area contributed by atoms with Crippen molar-refractivity contribution in [2.24, 2.45) is 5.92 Å². The zero-order chi connectivity index (χ0) is 18.0. The molecule has 1 aliphatic rings. The first-order chi connectivity index (χ1) is 11.8. The molecule has 1 N–H and O–H groups in total. The Morgan fingerprint density at radius 1 is 1.36 bits per heavy atom. The molecule has 0 saturated carbocycles. The standard InChI is InChI=1S/C18H26N4O3/c1-12-9-15(21-25-12)20-17(23)13-5-7-22(8-6-13)11-16-19-10-14(24-16)18(2,3)4/h9-10,13H,5-8,11H2,1-4H3,(H,20,21,23). The van der Waals surface area contributed by atoms with Crippen molar-refractivity contribution in [2.75, 3.05) is 18.4 Å². The van der Waals surface area contributed by atoms with E-state index in [0.717, 1.165) is 37.6 Å². The predicted octanol–water partition coefficient (Wildman–Crippen LogP) is 3.12. The Kier molecular flexibility index (Phi) is 4.94. The fraction of sp³-hybridized carbons (Fsp3) is 0.611. The molecule has 136 valence electrons. The summed E-state index contributed by atoms with van der Waals surface area (Å²) in [6.45, 7) is 10.5. The average Bonchev–Trinajstić information content (AvgIpc) is 3.17. The highest BCUT2D eigenvalue weighted by molar-refractivity contribution is 5.91. The summed E-state index contributed by atoms with van der Waals surface area (Å²) >= 11 is 0. The number of hydrogen-bond acceptors (Lipinski definition) is 6. The van der Waals surface area contributed by atoms with Gasteiger partial charge >= 0.3 is 0 Å². The molecular formula is C18H26N4O3. The molecule has 1 amide bonds. The molecule has 0 atom stereocenters. The van der Waals surface area contributed by atoms with E-state index in [9.17, 15) is 4.79 Å². The van der Waals surface area contributed by atoms with Gasteiger partial charge in [-0.1, -0.05) is 25.9 Å². The van der Waals surface area contributed by atoms with Gasteiger partial charge in [-0.05, 0) is 32.9 Å². The van der Waals surface area contributed by atoms with E-state index >= 15 is 0 Å². The lowest BCUT2D eigenvalue weighted by atomic mass is 9.94. The van der Waals surface area contributed by atoms with Gasteiger partial charge in [0.15, 0.2) is 5.82 Å². The van der Waals surface area contributed by atoms with Crippen LogP contribution in [-0.4, -0.2) is 34.0 Å². The van der Waals surface area contributed by atoms with Crippen LogP contribution in [0.4, 0.5) is 5.82 Å². The van der Waals surface area contributed by atoms with Gasteiger partial charge in [-0.15, -0.1) is 0 Å². The lowest BCUT2D eigenvalue weighted by Crippen LogP contribution is -2.37. The zero-order valence-corrected chi connectivity index (χ0v) is 15.3. The molecular weight excluding hydrogens is 320 g/mol. The molecule has 1 saturated heterocycles. The Morgan fingerprint density at radius 3 is 2.64 bits per heavy atom. The number of anilines is 1. The van der Waals surface area contributed by atoms with Crippen LogP contribution in [0.3, 0.4) is 0 Å². The monoisotopic (exact) mass is 346 g/mol. The van der Waals surface area contributed by atoms with Gasteiger partial charge in [0.1, 0.15) is 11.5 Å². The quantitative estimate of drug-likeness (QED) is 0.915. The molecule has 3 heterocycles. The van der Waals surface area contributed by atoms with E-state index < -0.39 is 0 Å². The molecule has 0 aromatic carbocycles. The van der Waals surface area contributed by atoms with E-state index in [1.807, 2.05) is 6.20 Å². The molecule has 0 aliphatic carbocycles. The summed E-state index contributed by atoms with van der Waals surface area (Å²) in [4.78, 5) is 19.0. The molecule has 2 aromatic rings. The Balaban J connectivity index is 1.48. The van der Waals surface area contributed by atoms with E-state index in [2.05, 4.69) is 41.1 Å². The van der Waals surface area contributed by atoms with Crippen molar-refractivity contribution >= 4 is 11.7 Å². The summed E-state index contributed by atoms with van der Waals surface area (Å²) < 4.78 is 10.8. The van der Waals surface area contributed by atoms with E-state index in [0.29, 0.717) is 18.1 Å². The first-order valence-electron chi connectivity index (χ1n) is 8.73. The van der Waals surface area contributed by atoms with Gasteiger partial charge < -0.3 is 14.3 Å². The predicted molar refractivity (Wildman–Crippen MR) is 93.1 cm³/mol. The fourth-order valence-corrected chi connectivity index (χ4v) is 2.93. The number of piperidine rings is 1. The minimum Gasteiger partial charge on any atom is -0.444 e. The highest BCUT2D eigenvalue weighted by Crippen LogP contribution is 2.25. The fourth-order valence-electron chi connectivity index (χ4n) is 2.93. The Hall–Kier alpha value is -2.15. The van der Waals surface area contributed by atoms with Crippen LogP contribution in [0.2, 0.25) is 0 Å². The van der Waals surface area contributed by atoms with Gasteiger partial charge in [0.2, 0.25) is 11.8 Å². The first-order valence-corrected chi connectivity index (χ1v) is 8.73. The smallest absolute Gasteiger partial charge is 0.228 e. The first kappa shape index (κ1) is 17.7. The second-order valence-corrected chi connectivity index (χ2v) is 7.73. The van der Waals surface area contributed by atoms with Gasteiger partial charge in [-0.3, -0.25) is 9.69 Å². The number of rotatable bonds is 4. The highest BCUT2D eigenvalue weighted by Gasteiger charge is 2.27. The van der Waals surface area contributed by atoms with Crippen molar-refractivity contribution in [2.45, 2.75) is 52.5 Å². The number of aromatic nitrogens is 2. The number of amides is 1. The Morgan fingerprint density at radius 2 is 2.08 bits per heavy atom. The van der Waals surface area contributed by atoms with Crippen LogP contribution >= 0.6 is 0 Å². The summed E-state index contributed by atoms with van der Waals surface area (Å²) in [5.74, 6) is 2.83. The lowest BCUT2D eigenvalue weighted by Gasteiger charge is -2.30. The molecule has 7 nitrogen and oxygen atoms in total. The number of carbonyl (C=O) groups is 1. The highest BCUT2D eigenvalue weighted by atomic mass is 16.5. The minimum atomic E-state index is -0.0319. The second-order valence-electron chi connectivity index (χ2n) is 7.73. The van der Waals surface area contributed by atoms with Gasteiger partial charge in [-0.2, -0.15) is 0 Å². The maximum Gasteiger partial charge on any atom is 0.228 e. The third kappa shape index (κ3) is 4.48. The van der Waals surface area contributed by atoms with E-state index in [4.69, 9.17) is 8.94 Å². The summed E-state index contributed by atoms with van der Waals surface area (Å²) in [7, 11) is 0. The molecule has 3 rings (SSSR count). The molecule has 1 fully saturated rings. The van der Waals surface area contributed by atoms with Crippen LogP contribution in [0.15, 0.2) is 21.2 Å². The molecule has 0 bridgehead atoms. The third-order valence-electron chi connectivity index (χ3n) is 4.49. The van der Waals surface area contributed by atoms with Gasteiger partial charge in [0.25, 0.3) is 0 Å². The minimum absolute atomic E-state index is 0.00273. The summed E-state index contributed by atoms with van der Waals surface area (Å²) in [5, 5.41) is 6.63. The van der Waals surface area contributed by atoms with E-state index in [1.54, 1.807) is 13.0 Å². The van der Waals surface area contributed by atoms with Crippen molar-refractivity contribution in [3.05, 3.63) is 29.7 Å². The summed E-state index contributed by atoms with van der Waals surface area (Å²) in [6.07, 6.45) is 3.44. The van der Waals surface area contributed by atoms with Crippen molar-refractivity contribution in [3.63, 3.8) is 0 Å². The summed E-state index contributed by atoms with van der Waals surface area (Å²) in [6, 6.07) is 1.72. The Labute approximate surface area is 147 Å². The number of likely N-dealkylation sites (tertiary alicyclic amines) is 1. The van der Waals surface area contributed by atoms with Crippen molar-refractivity contribution in [3.8, 4) is 0 Å². The molecule has 2 aromatic heterocycles. The lowest BCUT2D eigenvalue weighted by molar-refractivity contribution is -0.121. The maximum atomic E-state index is 12.3. The molecule has 1 aliphatic heterocycles. The van der Waals surface area contributed by atoms with Crippen molar-refractivity contribution < 1.29 is 13.7 Å². The Bertz CT molecular complexity index is 721. The van der Waals surface area contributed by atoms with Gasteiger partial charge in [0, 0.05) is 17.4 Å². The van der Waals surface area contributed by atoms with Crippen LogP contribution in [-0.2, 0) is 16.8 Å². The van der Waals surface area contributed by atoms with Gasteiger partial charge in [-0.25, -0.2) is 4.98 Å². The second kappa shape index (κ2) is 7.00. The topological polar surface area (TPSA) is 84.4 Å². The van der Waals surface area contributed by atoms with E-state index in [1.165, 1.54) is 0 Å². The molecule has 0 spiro atoms. The van der Waals surface area contributed by atoms with Crippen LogP contribution in [0.5, 0.6) is 0 Å². The normalized spacial score (nSPS) is 17.0. The SMILES string of the molecule is Cc1cc(NC(=O)C2CCN(Cc3ncc(C(C)(C)C)o3)CC2)no1. The van der Waals surface area contributed by atoms with Crippen LogP contribution in [0, 0.1) is 12.8 Å². The molecule has 25 heavy (non-hydrogen) atoms. The molecule has 0 radical (unpaired) electrons. The number of nitrogens with zero attached hydrogens (tertiary/aromatic N) is 3. The number of carbonyl (C=O) groups excluding carboxylic acids is 1. The van der Waals surface area contributed by atoms with Crippen LogP contribution < -0.4 is 5.32 Å². The van der Waals surface area contributed by atoms with Crippen molar-refractivity contribution in [1.29, 1.82) is 0 Å². The number of nitrogens with one attached hydrogen (secondary N) is 1. The van der Waals surface area contributed by atoms with Crippen LogP contribution in [0.25, 0.3) is 0 Å². The zero-order valence-electron chi connectivity index (χ0n) is 15.3. The van der Waals surface area contributed by atoms with Crippen LogP contribution in [0.1, 0.15) is 51.0 Å². The third-order valence-corrected chi connectivity index (χ3v) is 4.49. The maximum absolute atomic E-state index is 12.3. The number of hydrogen-bond donors (Lipinski definition) is 1. The number of oxazole rings is 1. The van der Waals surface area contributed by atoms with Gasteiger partial charge in [0.05, 0.1) is 12.7 Å². The largest absolute Gasteiger partial charge is 0.444 e. The number of aryl methyl sites for hydroxylation is 1.